The maximum atomic E-state index is 12.5. The van der Waals surface area contributed by atoms with Gasteiger partial charge in [-0.1, -0.05) is 29.8 Å². The molecule has 0 heterocycles. The Hall–Kier alpha value is -2.98. The molecule has 2 aromatic rings. The summed E-state index contributed by atoms with van der Waals surface area (Å²) in [6.45, 7) is 1.81. The maximum absolute atomic E-state index is 12.5. The first-order chi connectivity index (χ1) is 10.9. The van der Waals surface area contributed by atoms with Gasteiger partial charge in [0.05, 0.1) is 15.4 Å². The van der Waals surface area contributed by atoms with Gasteiger partial charge in [0, 0.05) is 6.07 Å². The van der Waals surface area contributed by atoms with Gasteiger partial charge < -0.3 is 0 Å². The molecule has 0 fully saturated rings. The SMILES string of the molecule is Cc1ccc(S(=O)(=O)C(C#N)=Cc2ccccc2[N+](=O)[O-])cc1. The second kappa shape index (κ2) is 6.42. The Balaban J connectivity index is 2.58. The van der Waals surface area contributed by atoms with Crippen LogP contribution < -0.4 is 0 Å². The molecule has 0 spiro atoms. The monoisotopic (exact) mass is 328 g/mol. The molecule has 2 rings (SSSR count). The molecule has 0 radical (unpaired) electrons. The van der Waals surface area contributed by atoms with Gasteiger partial charge in [-0.3, -0.25) is 10.1 Å². The van der Waals surface area contributed by atoms with Crippen LogP contribution in [0.4, 0.5) is 5.69 Å². The highest BCUT2D eigenvalue weighted by Crippen LogP contribution is 2.25. The van der Waals surface area contributed by atoms with Crippen molar-refractivity contribution >= 4 is 21.6 Å². The molecule has 0 aliphatic heterocycles. The summed E-state index contributed by atoms with van der Waals surface area (Å²) in [5, 5.41) is 20.2. The van der Waals surface area contributed by atoms with Gasteiger partial charge in [-0.25, -0.2) is 8.42 Å². The third-order valence-electron chi connectivity index (χ3n) is 3.15. The summed E-state index contributed by atoms with van der Waals surface area (Å²) in [6.07, 6.45) is 1.02. The number of benzene rings is 2. The molecular weight excluding hydrogens is 316 g/mol. The minimum Gasteiger partial charge on any atom is -0.258 e. The molecule has 0 saturated carbocycles. The molecule has 6 nitrogen and oxygen atoms in total. The zero-order valence-corrected chi connectivity index (χ0v) is 12.9. The van der Waals surface area contributed by atoms with Crippen LogP contribution in [0.2, 0.25) is 0 Å². The average molecular weight is 328 g/mol. The van der Waals surface area contributed by atoms with Gasteiger partial charge in [-0.15, -0.1) is 0 Å². The summed E-state index contributed by atoms with van der Waals surface area (Å²) in [5.74, 6) is 0. The van der Waals surface area contributed by atoms with Crippen LogP contribution in [0.1, 0.15) is 11.1 Å². The number of nitrogens with zero attached hydrogens (tertiary/aromatic N) is 2. The number of aryl methyl sites for hydroxylation is 1. The number of nitro benzene ring substituents is 1. The van der Waals surface area contributed by atoms with E-state index >= 15 is 0 Å². The van der Waals surface area contributed by atoms with Crippen LogP contribution in [0.25, 0.3) is 6.08 Å². The summed E-state index contributed by atoms with van der Waals surface area (Å²) in [4.78, 5) is 9.79. The van der Waals surface area contributed by atoms with Gasteiger partial charge in [0.2, 0.25) is 9.84 Å². The lowest BCUT2D eigenvalue weighted by atomic mass is 10.1. The van der Waals surface area contributed by atoms with Crippen LogP contribution in [-0.2, 0) is 9.84 Å². The van der Waals surface area contributed by atoms with E-state index in [2.05, 4.69) is 0 Å². The highest BCUT2D eigenvalue weighted by Gasteiger charge is 2.22. The third kappa shape index (κ3) is 3.44. The highest BCUT2D eigenvalue weighted by atomic mass is 32.2. The molecule has 0 aromatic heterocycles. The number of hydrogen-bond donors (Lipinski definition) is 0. The lowest BCUT2D eigenvalue weighted by Crippen LogP contribution is -2.04. The minimum absolute atomic E-state index is 0.0329. The molecular formula is C16H12N2O4S. The standard InChI is InChI=1S/C16H12N2O4S/c1-12-6-8-14(9-7-12)23(21,22)15(11-17)10-13-4-2-3-5-16(13)18(19)20/h2-10H,1H3. The number of nitriles is 1. The van der Waals surface area contributed by atoms with E-state index in [0.717, 1.165) is 11.6 Å². The van der Waals surface area contributed by atoms with Crippen molar-refractivity contribution in [2.24, 2.45) is 0 Å². The van der Waals surface area contributed by atoms with Crippen LogP contribution >= 0.6 is 0 Å². The van der Waals surface area contributed by atoms with Gasteiger partial charge in [-0.05, 0) is 31.2 Å². The molecule has 0 unspecified atom stereocenters. The number of para-hydroxylation sites is 1. The largest absolute Gasteiger partial charge is 0.276 e. The molecule has 0 aliphatic carbocycles. The molecule has 116 valence electrons. The number of sulfone groups is 1. The number of nitro groups is 1. The summed E-state index contributed by atoms with van der Waals surface area (Å²) in [6, 6.07) is 13.3. The van der Waals surface area contributed by atoms with Gasteiger partial charge in [0.15, 0.2) is 0 Å². The summed E-state index contributed by atoms with van der Waals surface area (Å²) in [7, 11) is -4.03. The van der Waals surface area contributed by atoms with E-state index in [1.807, 2.05) is 6.92 Å². The van der Waals surface area contributed by atoms with Crippen LogP contribution in [0, 0.1) is 28.4 Å². The predicted molar refractivity (Wildman–Crippen MR) is 85.1 cm³/mol. The number of allylic oxidation sites excluding steroid dienone is 1. The Morgan fingerprint density at radius 3 is 2.35 bits per heavy atom. The molecule has 0 N–H and O–H groups in total. The van der Waals surface area contributed by atoms with Crippen molar-refractivity contribution < 1.29 is 13.3 Å². The smallest absolute Gasteiger partial charge is 0.258 e. The first-order valence-electron chi connectivity index (χ1n) is 6.53. The van der Waals surface area contributed by atoms with Crippen molar-refractivity contribution in [2.45, 2.75) is 11.8 Å². The number of hydrogen-bond acceptors (Lipinski definition) is 5. The van der Waals surface area contributed by atoms with Crippen molar-refractivity contribution in [3.8, 4) is 6.07 Å². The summed E-state index contributed by atoms with van der Waals surface area (Å²) >= 11 is 0. The predicted octanol–water partition coefficient (Wildman–Crippen LogP) is 3.24. The molecule has 0 bridgehead atoms. The Kier molecular flexibility index (Phi) is 4.57. The summed E-state index contributed by atoms with van der Waals surface area (Å²) in [5.41, 5.74) is 0.675. The van der Waals surface area contributed by atoms with Crippen molar-refractivity contribution in [3.63, 3.8) is 0 Å². The first-order valence-corrected chi connectivity index (χ1v) is 8.01. The number of rotatable bonds is 4. The highest BCUT2D eigenvalue weighted by molar-refractivity contribution is 7.95. The van der Waals surface area contributed by atoms with E-state index in [-0.39, 0.29) is 16.1 Å². The zero-order valence-electron chi connectivity index (χ0n) is 12.1. The quantitative estimate of drug-likeness (QED) is 0.487. The van der Waals surface area contributed by atoms with Crippen LogP contribution in [0.3, 0.4) is 0 Å². The van der Waals surface area contributed by atoms with Gasteiger partial charge in [-0.2, -0.15) is 5.26 Å². The molecule has 7 heteroatoms. The average Bonchev–Trinajstić information content (AvgIpc) is 2.53. The minimum atomic E-state index is -4.03. The van der Waals surface area contributed by atoms with Crippen molar-refractivity contribution in [3.05, 3.63) is 74.7 Å². The van der Waals surface area contributed by atoms with Crippen molar-refractivity contribution in [1.29, 1.82) is 5.26 Å². The zero-order chi connectivity index (χ0) is 17.0. The maximum Gasteiger partial charge on any atom is 0.276 e. The van der Waals surface area contributed by atoms with E-state index in [9.17, 15) is 23.8 Å². The fraction of sp³-hybridized carbons (Fsp3) is 0.0625. The van der Waals surface area contributed by atoms with E-state index in [1.165, 1.54) is 36.4 Å². The lowest BCUT2D eigenvalue weighted by molar-refractivity contribution is -0.385. The van der Waals surface area contributed by atoms with Crippen molar-refractivity contribution in [1.82, 2.24) is 0 Å². The molecule has 23 heavy (non-hydrogen) atoms. The fourth-order valence-electron chi connectivity index (χ4n) is 1.93. The Morgan fingerprint density at radius 1 is 1.17 bits per heavy atom. The molecule has 0 aliphatic rings. The Morgan fingerprint density at radius 2 is 1.78 bits per heavy atom. The molecule has 0 atom stereocenters. The van der Waals surface area contributed by atoms with Crippen molar-refractivity contribution in [2.75, 3.05) is 0 Å². The topological polar surface area (TPSA) is 101 Å². The first kappa shape index (κ1) is 16.4. The van der Waals surface area contributed by atoms with Gasteiger partial charge in [0.1, 0.15) is 11.0 Å². The molecule has 2 aromatic carbocycles. The molecule has 0 amide bonds. The van der Waals surface area contributed by atoms with E-state index in [4.69, 9.17) is 0 Å². The second-order valence-corrected chi connectivity index (χ2v) is 6.67. The van der Waals surface area contributed by atoms with E-state index in [1.54, 1.807) is 18.2 Å². The Labute approximate surface area is 133 Å². The van der Waals surface area contributed by atoms with Gasteiger partial charge in [0.25, 0.3) is 5.69 Å². The third-order valence-corrected chi connectivity index (χ3v) is 4.83. The van der Waals surface area contributed by atoms with Crippen LogP contribution in [0.15, 0.2) is 58.3 Å². The Bertz CT molecular complexity index is 923. The van der Waals surface area contributed by atoms with Crippen LogP contribution in [0.5, 0.6) is 0 Å². The molecule has 0 saturated heterocycles. The van der Waals surface area contributed by atoms with E-state index < -0.39 is 19.7 Å². The fourth-order valence-corrected chi connectivity index (χ4v) is 3.08. The van der Waals surface area contributed by atoms with E-state index in [0.29, 0.717) is 0 Å². The lowest BCUT2D eigenvalue weighted by Gasteiger charge is -2.04. The van der Waals surface area contributed by atoms with Gasteiger partial charge >= 0.3 is 0 Å². The van der Waals surface area contributed by atoms with Crippen LogP contribution in [-0.4, -0.2) is 13.3 Å². The summed E-state index contributed by atoms with van der Waals surface area (Å²) < 4.78 is 25.0. The second-order valence-electron chi connectivity index (χ2n) is 4.75. The normalized spacial score (nSPS) is 11.7.